The number of aromatic amines is 1. The molecule has 16 nitrogen and oxygen atoms in total. The molecule has 53 heavy (non-hydrogen) atoms. The quantitative estimate of drug-likeness (QED) is 0.109. The maximum absolute atomic E-state index is 13.1. The van der Waals surface area contributed by atoms with E-state index in [2.05, 4.69) is 35.6 Å². The summed E-state index contributed by atoms with van der Waals surface area (Å²) in [7, 11) is 0. The van der Waals surface area contributed by atoms with Crippen molar-refractivity contribution in [2.45, 2.75) is 38.1 Å². The molecule has 1 atom stereocenters. The average Bonchev–Trinajstić information content (AvgIpc) is 3.65. The van der Waals surface area contributed by atoms with Crippen LogP contribution in [0.15, 0.2) is 54.7 Å². The molecule has 4 N–H and O–H groups in total. The molecule has 2 aliphatic heterocycles. The molecule has 1 saturated heterocycles. The average molecular weight is 738 g/mol. The standard InChI is InChI=1S/C34H30F3N7O9/c35-34(36,37)53-18-6-8-21-23(14-18)42-30(41-21)22-9-7-19(15-40-22)51-16-27(46)38-12-1-2-13-39-28(47)17-52-25-5-3-4-20-29(25)33(50)44(32(20)49)24-10-11-26(45)43-31(24)48/h3-9,14-15,24H,1-2,10-13,16-17H2,(H,38,46)(H,39,47)(H,41,42)(H,43,45,48). The number of alkyl halides is 3. The zero-order valence-corrected chi connectivity index (χ0v) is 27.6. The van der Waals surface area contributed by atoms with Crippen LogP contribution in [0.1, 0.15) is 46.4 Å². The van der Waals surface area contributed by atoms with E-state index >= 15 is 0 Å². The van der Waals surface area contributed by atoms with Crippen molar-refractivity contribution in [3.63, 3.8) is 0 Å². The zero-order valence-electron chi connectivity index (χ0n) is 27.6. The zero-order chi connectivity index (χ0) is 37.7. The first-order valence-electron chi connectivity index (χ1n) is 16.2. The molecular weight excluding hydrogens is 707 g/mol. The molecule has 1 fully saturated rings. The number of carbonyl (C=O) groups excluding carboxylic acids is 6. The fraction of sp³-hybridized carbons (Fsp3) is 0.294. The van der Waals surface area contributed by atoms with Crippen LogP contribution in [0.2, 0.25) is 0 Å². The highest BCUT2D eigenvalue weighted by atomic mass is 19.4. The third kappa shape index (κ3) is 8.68. The second-order valence-electron chi connectivity index (χ2n) is 11.8. The van der Waals surface area contributed by atoms with Crippen LogP contribution in [0, 0.1) is 0 Å². The maximum atomic E-state index is 13.1. The van der Waals surface area contributed by atoms with E-state index in [1.807, 2.05) is 0 Å². The van der Waals surface area contributed by atoms with Crippen LogP contribution in [-0.2, 0) is 19.2 Å². The fourth-order valence-corrected chi connectivity index (χ4v) is 5.61. The Bertz CT molecular complexity index is 2090. The lowest BCUT2D eigenvalue weighted by Crippen LogP contribution is -2.54. The molecule has 6 rings (SSSR count). The van der Waals surface area contributed by atoms with Gasteiger partial charge in [-0.05, 0) is 55.7 Å². The molecule has 6 amide bonds. The van der Waals surface area contributed by atoms with Gasteiger partial charge in [-0.25, -0.2) is 9.97 Å². The molecule has 0 bridgehead atoms. The van der Waals surface area contributed by atoms with Crippen LogP contribution < -0.4 is 30.2 Å². The van der Waals surface area contributed by atoms with Gasteiger partial charge >= 0.3 is 6.36 Å². The van der Waals surface area contributed by atoms with Crippen molar-refractivity contribution in [3.05, 3.63) is 65.9 Å². The number of carbonyl (C=O) groups is 6. The molecule has 0 aliphatic carbocycles. The van der Waals surface area contributed by atoms with Gasteiger partial charge in [0.15, 0.2) is 19.0 Å². The molecule has 4 heterocycles. The number of unbranched alkanes of at least 4 members (excludes halogenated alkanes) is 1. The van der Waals surface area contributed by atoms with E-state index in [-0.39, 0.29) is 54.3 Å². The first kappa shape index (κ1) is 36.3. The van der Waals surface area contributed by atoms with E-state index in [0.29, 0.717) is 42.2 Å². The maximum Gasteiger partial charge on any atom is 0.573 e. The number of pyridine rings is 1. The lowest BCUT2D eigenvalue weighted by atomic mass is 10.0. The molecular formula is C34H30F3N7O9. The number of hydrogen-bond donors (Lipinski definition) is 4. The summed E-state index contributed by atoms with van der Waals surface area (Å²) < 4.78 is 52.5. The largest absolute Gasteiger partial charge is 0.573 e. The van der Waals surface area contributed by atoms with Gasteiger partial charge in [0.25, 0.3) is 23.6 Å². The number of imide groups is 2. The monoisotopic (exact) mass is 737 g/mol. The summed E-state index contributed by atoms with van der Waals surface area (Å²) in [6, 6.07) is 10.1. The van der Waals surface area contributed by atoms with E-state index in [0.717, 1.165) is 11.0 Å². The van der Waals surface area contributed by atoms with Crippen LogP contribution >= 0.6 is 0 Å². The highest BCUT2D eigenvalue weighted by Gasteiger charge is 2.46. The van der Waals surface area contributed by atoms with Crippen molar-refractivity contribution in [1.82, 2.24) is 35.8 Å². The molecule has 19 heteroatoms. The number of nitrogens with zero attached hydrogens (tertiary/aromatic N) is 3. The van der Waals surface area contributed by atoms with Crippen LogP contribution in [0.4, 0.5) is 13.2 Å². The summed E-state index contributed by atoms with van der Waals surface area (Å²) >= 11 is 0. The van der Waals surface area contributed by atoms with Crippen LogP contribution in [-0.4, -0.2) is 94.0 Å². The summed E-state index contributed by atoms with van der Waals surface area (Å²) in [5, 5.41) is 7.50. The first-order chi connectivity index (χ1) is 25.4. The van der Waals surface area contributed by atoms with E-state index in [4.69, 9.17) is 9.47 Å². The minimum absolute atomic E-state index is 0.00797. The fourth-order valence-electron chi connectivity index (χ4n) is 5.61. The van der Waals surface area contributed by atoms with Gasteiger partial charge in [-0.15, -0.1) is 13.2 Å². The Morgan fingerprint density at radius 1 is 0.906 bits per heavy atom. The van der Waals surface area contributed by atoms with Gasteiger partial charge in [0.05, 0.1) is 28.4 Å². The third-order valence-electron chi connectivity index (χ3n) is 8.07. The summed E-state index contributed by atoms with van der Waals surface area (Å²) in [6.45, 7) is -0.151. The number of rotatable bonds is 14. The van der Waals surface area contributed by atoms with Crippen LogP contribution in [0.3, 0.4) is 0 Å². The van der Waals surface area contributed by atoms with Crippen molar-refractivity contribution in [2.75, 3.05) is 26.3 Å². The van der Waals surface area contributed by atoms with Crippen molar-refractivity contribution in [1.29, 1.82) is 0 Å². The van der Waals surface area contributed by atoms with Crippen molar-refractivity contribution < 1.29 is 56.1 Å². The van der Waals surface area contributed by atoms with Gasteiger partial charge in [0.2, 0.25) is 11.8 Å². The minimum Gasteiger partial charge on any atom is -0.483 e. The van der Waals surface area contributed by atoms with E-state index in [1.165, 1.54) is 36.5 Å². The predicted octanol–water partition coefficient (Wildman–Crippen LogP) is 2.40. The van der Waals surface area contributed by atoms with Gasteiger partial charge in [-0.3, -0.25) is 39.0 Å². The lowest BCUT2D eigenvalue weighted by molar-refractivity contribution is -0.274. The molecule has 4 aromatic rings. The molecule has 0 saturated carbocycles. The Morgan fingerprint density at radius 2 is 1.62 bits per heavy atom. The number of fused-ring (bicyclic) bond motifs is 2. The number of amides is 6. The minimum atomic E-state index is -4.82. The Kier molecular flexibility index (Phi) is 10.5. The van der Waals surface area contributed by atoms with E-state index < -0.39 is 54.3 Å². The Balaban J connectivity index is 0.873. The number of imidazole rings is 1. The second kappa shape index (κ2) is 15.4. The second-order valence-corrected chi connectivity index (χ2v) is 11.8. The van der Waals surface area contributed by atoms with Crippen LogP contribution in [0.5, 0.6) is 17.2 Å². The summed E-state index contributed by atoms with van der Waals surface area (Å²) in [6.07, 6.45) is -2.41. The number of benzene rings is 2. The van der Waals surface area contributed by atoms with E-state index in [1.54, 1.807) is 12.1 Å². The summed E-state index contributed by atoms with van der Waals surface area (Å²) in [4.78, 5) is 86.8. The summed E-state index contributed by atoms with van der Waals surface area (Å²) in [5.41, 5.74) is 1.10. The number of halogens is 3. The first-order valence-corrected chi connectivity index (χ1v) is 16.2. The van der Waals surface area contributed by atoms with Gasteiger partial charge in [0.1, 0.15) is 29.0 Å². The lowest BCUT2D eigenvalue weighted by Gasteiger charge is -2.27. The van der Waals surface area contributed by atoms with E-state index in [9.17, 15) is 41.9 Å². The number of hydrogen-bond acceptors (Lipinski definition) is 11. The Hall–Kier alpha value is -6.53. The molecule has 2 aromatic heterocycles. The van der Waals surface area contributed by atoms with Crippen molar-refractivity contribution in [3.8, 4) is 28.8 Å². The van der Waals surface area contributed by atoms with Crippen molar-refractivity contribution >= 4 is 46.5 Å². The molecule has 2 aromatic carbocycles. The Labute approximate surface area is 297 Å². The number of piperidine rings is 1. The normalized spacial score (nSPS) is 15.6. The Morgan fingerprint density at radius 3 is 2.30 bits per heavy atom. The SMILES string of the molecule is O=C(COc1ccc(-c2nc3cc(OC(F)(F)F)ccc3[nH]2)nc1)NCCCCNC(=O)COc1cccc2c1C(=O)N(C1CCC(=O)NC1=O)C2=O. The van der Waals surface area contributed by atoms with Gasteiger partial charge < -0.3 is 29.8 Å². The summed E-state index contributed by atoms with van der Waals surface area (Å²) in [5.74, 6) is -3.31. The molecule has 1 unspecified atom stereocenters. The topological polar surface area (TPSA) is 211 Å². The highest BCUT2D eigenvalue weighted by molar-refractivity contribution is 6.24. The number of nitrogens with one attached hydrogen (secondary N) is 4. The molecule has 276 valence electrons. The third-order valence-corrected chi connectivity index (χ3v) is 8.07. The van der Waals surface area contributed by atoms with Gasteiger partial charge in [-0.2, -0.15) is 0 Å². The number of H-pyrrole nitrogens is 1. The predicted molar refractivity (Wildman–Crippen MR) is 175 cm³/mol. The number of ether oxygens (including phenoxy) is 3. The van der Waals surface area contributed by atoms with Gasteiger partial charge in [-0.1, -0.05) is 6.07 Å². The van der Waals surface area contributed by atoms with Gasteiger partial charge in [0, 0.05) is 25.6 Å². The smallest absolute Gasteiger partial charge is 0.483 e. The van der Waals surface area contributed by atoms with Crippen molar-refractivity contribution in [2.24, 2.45) is 0 Å². The highest BCUT2D eigenvalue weighted by Crippen LogP contribution is 2.34. The molecule has 2 aliphatic rings. The number of aromatic nitrogens is 3. The van der Waals surface area contributed by atoms with Crippen LogP contribution in [0.25, 0.3) is 22.6 Å². The molecule has 0 radical (unpaired) electrons. The molecule has 0 spiro atoms.